The van der Waals surface area contributed by atoms with Crippen molar-refractivity contribution < 1.29 is 17.6 Å². The average molecular weight is 469 g/mol. The number of benzene rings is 1. The number of aromatic nitrogens is 4. The van der Waals surface area contributed by atoms with Gasteiger partial charge in [-0.3, -0.25) is 0 Å². The molecule has 2 N–H and O–H groups in total. The molecule has 3 saturated carbocycles. The van der Waals surface area contributed by atoms with E-state index in [2.05, 4.69) is 32.2 Å². The summed E-state index contributed by atoms with van der Waals surface area (Å²) in [5, 5.41) is 3.87. The maximum absolute atomic E-state index is 14.0. The van der Waals surface area contributed by atoms with E-state index < -0.39 is 17.6 Å². The summed E-state index contributed by atoms with van der Waals surface area (Å²) in [6.45, 7) is 2.18. The molecule has 3 aliphatic carbocycles. The van der Waals surface area contributed by atoms with E-state index in [4.69, 9.17) is 0 Å². The van der Waals surface area contributed by atoms with Gasteiger partial charge in [-0.15, -0.1) is 0 Å². The predicted octanol–water partition coefficient (Wildman–Crippen LogP) is 6.57. The van der Waals surface area contributed by atoms with Crippen molar-refractivity contribution >= 4 is 27.8 Å². The summed E-state index contributed by atoms with van der Waals surface area (Å²) in [6, 6.07) is 5.35. The van der Waals surface area contributed by atoms with E-state index in [1.54, 1.807) is 12.3 Å². The number of hydrogen-bond donors (Lipinski definition) is 2. The quantitative estimate of drug-likeness (QED) is 0.333. The molecule has 0 aliphatic heterocycles. The van der Waals surface area contributed by atoms with Crippen LogP contribution in [0.2, 0.25) is 0 Å². The zero-order chi connectivity index (χ0) is 23.6. The Morgan fingerprint density at radius 3 is 2.56 bits per heavy atom. The SMILES string of the molecule is CC1C2CCC(CC2)C1Nc1nc(-c2c[nH]c3ncc(F)cc23)nc2cccc(C(F)(F)F)c12. The number of nitrogens with zero attached hydrogens (tertiary/aromatic N) is 3. The second-order valence-electron chi connectivity index (χ2n) is 9.55. The van der Waals surface area contributed by atoms with Crippen molar-refractivity contribution in [3.05, 3.63) is 48.0 Å². The van der Waals surface area contributed by atoms with Crippen molar-refractivity contribution in [2.75, 3.05) is 5.32 Å². The summed E-state index contributed by atoms with van der Waals surface area (Å²) in [7, 11) is 0. The molecule has 3 heterocycles. The molecular weight excluding hydrogens is 446 g/mol. The van der Waals surface area contributed by atoms with Gasteiger partial charge in [0.05, 0.1) is 22.7 Å². The van der Waals surface area contributed by atoms with Gasteiger partial charge in [0.1, 0.15) is 17.3 Å². The molecule has 7 rings (SSSR count). The van der Waals surface area contributed by atoms with Crippen LogP contribution in [0.3, 0.4) is 0 Å². The van der Waals surface area contributed by atoms with Crippen LogP contribution in [0.4, 0.5) is 23.4 Å². The summed E-state index contributed by atoms with van der Waals surface area (Å²) in [6.07, 6.45) is 2.64. The third-order valence-electron chi connectivity index (χ3n) is 7.71. The molecule has 0 saturated heterocycles. The van der Waals surface area contributed by atoms with Crippen LogP contribution in [0.1, 0.15) is 38.2 Å². The maximum atomic E-state index is 14.0. The lowest BCUT2D eigenvalue weighted by Crippen LogP contribution is -2.47. The Hall–Kier alpha value is -3.23. The Bertz CT molecular complexity index is 1390. The fourth-order valence-corrected chi connectivity index (χ4v) is 5.97. The van der Waals surface area contributed by atoms with Gasteiger partial charge in [-0.2, -0.15) is 13.2 Å². The van der Waals surface area contributed by atoms with Gasteiger partial charge in [0.2, 0.25) is 0 Å². The third-order valence-corrected chi connectivity index (χ3v) is 7.71. The number of aromatic amines is 1. The second kappa shape index (κ2) is 7.65. The van der Waals surface area contributed by atoms with Gasteiger partial charge in [-0.05, 0) is 61.6 Å². The first kappa shape index (κ1) is 21.3. The first-order valence-electron chi connectivity index (χ1n) is 11.6. The highest BCUT2D eigenvalue weighted by Gasteiger charge is 2.42. The number of fused-ring (bicyclic) bond motifs is 5. The molecule has 0 spiro atoms. The number of hydrogen-bond acceptors (Lipinski definition) is 4. The summed E-state index contributed by atoms with van der Waals surface area (Å²) < 4.78 is 55.9. The van der Waals surface area contributed by atoms with Gasteiger partial charge in [-0.1, -0.05) is 13.0 Å². The van der Waals surface area contributed by atoms with Gasteiger partial charge in [0.25, 0.3) is 0 Å². The van der Waals surface area contributed by atoms with Crippen LogP contribution >= 0.6 is 0 Å². The molecule has 9 heteroatoms. The highest BCUT2D eigenvalue weighted by molar-refractivity contribution is 5.97. The lowest BCUT2D eigenvalue weighted by molar-refractivity contribution is -0.136. The molecule has 2 atom stereocenters. The first-order valence-corrected chi connectivity index (χ1v) is 11.6. The zero-order valence-electron chi connectivity index (χ0n) is 18.5. The standard InChI is InChI=1S/C25H23F4N5/c1-12-13-5-7-14(8-6-13)21(12)33-24-20-18(25(27,28)29)3-2-4-19(20)32-23(34-24)17-11-31-22-16(17)9-15(26)10-30-22/h2-4,9-14,21H,5-8H2,1H3,(H,30,31)(H,32,33,34). The van der Waals surface area contributed by atoms with Crippen LogP contribution in [0.25, 0.3) is 33.3 Å². The van der Waals surface area contributed by atoms with Crippen molar-refractivity contribution in [1.82, 2.24) is 19.9 Å². The van der Waals surface area contributed by atoms with Crippen LogP contribution in [0.15, 0.2) is 36.7 Å². The number of H-pyrrole nitrogens is 1. The van der Waals surface area contributed by atoms with E-state index in [0.717, 1.165) is 25.1 Å². The van der Waals surface area contributed by atoms with E-state index in [1.807, 2.05) is 0 Å². The first-order chi connectivity index (χ1) is 16.3. The third kappa shape index (κ3) is 3.40. The fraction of sp³-hybridized carbons (Fsp3) is 0.400. The molecule has 0 radical (unpaired) electrons. The van der Waals surface area contributed by atoms with Gasteiger partial charge in [-0.25, -0.2) is 19.3 Å². The van der Waals surface area contributed by atoms with Crippen LogP contribution in [0, 0.1) is 23.6 Å². The van der Waals surface area contributed by atoms with E-state index in [-0.39, 0.29) is 28.6 Å². The molecule has 176 valence electrons. The minimum absolute atomic E-state index is 0.0310. The van der Waals surface area contributed by atoms with Crippen LogP contribution in [0.5, 0.6) is 0 Å². The highest BCUT2D eigenvalue weighted by atomic mass is 19.4. The Morgan fingerprint density at radius 1 is 1.06 bits per heavy atom. The Kier molecular flexibility index (Phi) is 4.79. The molecule has 4 aromatic rings. The zero-order valence-corrected chi connectivity index (χ0v) is 18.5. The largest absolute Gasteiger partial charge is 0.417 e. The van der Waals surface area contributed by atoms with Crippen LogP contribution < -0.4 is 5.32 Å². The molecular formula is C25H23F4N5. The molecule has 34 heavy (non-hydrogen) atoms. The number of nitrogens with one attached hydrogen (secondary N) is 2. The van der Waals surface area contributed by atoms with Crippen molar-refractivity contribution in [1.29, 1.82) is 0 Å². The molecule has 3 aliphatic rings. The van der Waals surface area contributed by atoms with Gasteiger partial charge in [0.15, 0.2) is 5.82 Å². The second-order valence-corrected chi connectivity index (χ2v) is 9.55. The maximum Gasteiger partial charge on any atom is 0.417 e. The minimum atomic E-state index is -4.55. The summed E-state index contributed by atoms with van der Waals surface area (Å²) in [5.41, 5.74) is 0.369. The van der Waals surface area contributed by atoms with E-state index >= 15 is 0 Å². The monoisotopic (exact) mass is 469 g/mol. The van der Waals surface area contributed by atoms with Gasteiger partial charge >= 0.3 is 6.18 Å². The van der Waals surface area contributed by atoms with E-state index in [1.165, 1.54) is 25.0 Å². The summed E-state index contributed by atoms with van der Waals surface area (Å²) in [5.74, 6) is 1.19. The average Bonchev–Trinajstić information content (AvgIpc) is 3.23. The molecule has 2 bridgehead atoms. The minimum Gasteiger partial charge on any atom is -0.366 e. The number of pyridine rings is 1. The highest BCUT2D eigenvalue weighted by Crippen LogP contribution is 2.47. The van der Waals surface area contributed by atoms with Gasteiger partial charge in [0, 0.05) is 23.2 Å². The molecule has 5 nitrogen and oxygen atoms in total. The number of halogens is 4. The number of alkyl halides is 3. The van der Waals surface area contributed by atoms with Crippen molar-refractivity contribution in [2.24, 2.45) is 17.8 Å². The molecule has 3 aromatic heterocycles. The number of rotatable bonds is 3. The topological polar surface area (TPSA) is 66.5 Å². The summed E-state index contributed by atoms with van der Waals surface area (Å²) in [4.78, 5) is 16.1. The molecule has 3 fully saturated rings. The van der Waals surface area contributed by atoms with E-state index in [9.17, 15) is 17.6 Å². The van der Waals surface area contributed by atoms with Crippen molar-refractivity contribution in [3.8, 4) is 11.4 Å². The molecule has 2 unspecified atom stereocenters. The lowest BCUT2D eigenvalue weighted by Gasteiger charge is -2.48. The normalized spacial score (nSPS) is 24.7. The fourth-order valence-electron chi connectivity index (χ4n) is 5.97. The van der Waals surface area contributed by atoms with Gasteiger partial charge < -0.3 is 10.3 Å². The van der Waals surface area contributed by atoms with E-state index in [0.29, 0.717) is 34.4 Å². The van der Waals surface area contributed by atoms with Crippen molar-refractivity contribution in [2.45, 2.75) is 44.8 Å². The van der Waals surface area contributed by atoms with Crippen LogP contribution in [-0.2, 0) is 6.18 Å². The molecule has 1 aromatic carbocycles. The Labute approximate surface area is 193 Å². The Morgan fingerprint density at radius 2 is 1.82 bits per heavy atom. The Balaban J connectivity index is 1.55. The van der Waals surface area contributed by atoms with Crippen LogP contribution in [-0.4, -0.2) is 26.0 Å². The van der Waals surface area contributed by atoms with Crippen molar-refractivity contribution in [3.63, 3.8) is 0 Å². The molecule has 0 amide bonds. The summed E-state index contributed by atoms with van der Waals surface area (Å²) >= 11 is 0. The lowest BCUT2D eigenvalue weighted by atomic mass is 9.62. The smallest absolute Gasteiger partial charge is 0.366 e. The number of anilines is 1. The predicted molar refractivity (Wildman–Crippen MR) is 122 cm³/mol.